The van der Waals surface area contributed by atoms with E-state index in [2.05, 4.69) is 34.6 Å². The van der Waals surface area contributed by atoms with Crippen molar-refractivity contribution < 1.29 is 23.0 Å². The fraction of sp³-hybridized carbons (Fsp3) is 0.739. The van der Waals surface area contributed by atoms with Gasteiger partial charge in [-0.3, -0.25) is 0 Å². The summed E-state index contributed by atoms with van der Waals surface area (Å²) in [4.78, 5) is 0. The van der Waals surface area contributed by atoms with Gasteiger partial charge in [0.15, 0.2) is 0 Å². The molecule has 1 N–H and O–H groups in total. The lowest BCUT2D eigenvalue weighted by Gasteiger charge is -2.30. The van der Waals surface area contributed by atoms with Crippen LogP contribution in [0.15, 0.2) is 12.1 Å². The number of aliphatic hydroxyl groups is 1. The fourth-order valence-electron chi connectivity index (χ4n) is 4.08. The van der Waals surface area contributed by atoms with E-state index in [-0.39, 0.29) is 30.5 Å². The molecule has 2 rings (SSSR count). The van der Waals surface area contributed by atoms with Gasteiger partial charge in [-0.2, -0.15) is 4.31 Å². The third-order valence-corrected chi connectivity index (χ3v) is 7.02. The Morgan fingerprint density at radius 1 is 1.20 bits per heavy atom. The van der Waals surface area contributed by atoms with Crippen LogP contribution in [-0.4, -0.2) is 56.5 Å². The number of rotatable bonds is 9. The van der Waals surface area contributed by atoms with Gasteiger partial charge in [-0.25, -0.2) is 8.42 Å². The molecule has 7 heteroatoms. The summed E-state index contributed by atoms with van der Waals surface area (Å²) in [5.74, 6) is 1.74. The zero-order valence-electron chi connectivity index (χ0n) is 19.6. The van der Waals surface area contributed by atoms with Crippen LogP contribution in [0.2, 0.25) is 0 Å². The molecule has 30 heavy (non-hydrogen) atoms. The van der Waals surface area contributed by atoms with Gasteiger partial charge in [0.25, 0.3) is 0 Å². The molecule has 0 saturated heterocycles. The van der Waals surface area contributed by atoms with Crippen LogP contribution in [0.3, 0.4) is 0 Å². The number of nitrogens with zero attached hydrogens (tertiary/aromatic N) is 1. The predicted molar refractivity (Wildman–Crippen MR) is 121 cm³/mol. The van der Waals surface area contributed by atoms with E-state index in [0.717, 1.165) is 48.3 Å². The van der Waals surface area contributed by atoms with Crippen molar-refractivity contribution in [3.63, 3.8) is 0 Å². The highest BCUT2D eigenvalue weighted by atomic mass is 32.2. The van der Waals surface area contributed by atoms with Gasteiger partial charge in [0.1, 0.15) is 24.2 Å². The molecule has 0 amide bonds. The molecule has 1 saturated carbocycles. The van der Waals surface area contributed by atoms with E-state index in [1.807, 2.05) is 12.1 Å². The molecule has 0 aromatic heterocycles. The van der Waals surface area contributed by atoms with Crippen LogP contribution in [0, 0.1) is 0 Å². The molecule has 1 aromatic rings. The maximum absolute atomic E-state index is 12.3. The maximum atomic E-state index is 12.3. The molecule has 172 valence electrons. The van der Waals surface area contributed by atoms with Crippen LogP contribution >= 0.6 is 0 Å². The Balaban J connectivity index is 2.24. The molecule has 0 radical (unpaired) electrons. The van der Waals surface area contributed by atoms with Gasteiger partial charge in [-0.15, -0.1) is 0 Å². The number of methoxy groups -OCH3 is 1. The van der Waals surface area contributed by atoms with Gasteiger partial charge >= 0.3 is 0 Å². The number of hydrogen-bond donors (Lipinski definition) is 1. The van der Waals surface area contributed by atoms with Crippen molar-refractivity contribution >= 4 is 10.0 Å². The minimum atomic E-state index is -3.39. The molecular weight excluding hydrogens is 402 g/mol. The monoisotopic (exact) mass is 441 g/mol. The zero-order valence-corrected chi connectivity index (χ0v) is 20.4. The lowest BCUT2D eigenvalue weighted by Crippen LogP contribution is -2.44. The van der Waals surface area contributed by atoms with Crippen molar-refractivity contribution in [2.75, 3.05) is 26.5 Å². The van der Waals surface area contributed by atoms with Gasteiger partial charge in [0.05, 0.1) is 13.4 Å². The number of hydrogen-bond acceptors (Lipinski definition) is 5. The smallest absolute Gasteiger partial charge is 0.211 e. The highest BCUT2D eigenvalue weighted by Crippen LogP contribution is 2.40. The highest BCUT2D eigenvalue weighted by Gasteiger charge is 2.31. The second-order valence-corrected chi connectivity index (χ2v) is 11.7. The fourth-order valence-corrected chi connectivity index (χ4v) is 5.27. The van der Waals surface area contributed by atoms with Crippen molar-refractivity contribution in [3.8, 4) is 11.5 Å². The van der Waals surface area contributed by atoms with Gasteiger partial charge in [0.2, 0.25) is 10.0 Å². The third kappa shape index (κ3) is 6.34. The summed E-state index contributed by atoms with van der Waals surface area (Å²) < 4.78 is 37.7. The maximum Gasteiger partial charge on any atom is 0.211 e. The summed E-state index contributed by atoms with van der Waals surface area (Å²) in [6.45, 7) is 10.6. The van der Waals surface area contributed by atoms with Crippen LogP contribution in [-0.2, 0) is 15.4 Å². The molecule has 1 aliphatic rings. The van der Waals surface area contributed by atoms with Crippen LogP contribution in [0.25, 0.3) is 0 Å². The average molecular weight is 442 g/mol. The first-order valence-corrected chi connectivity index (χ1v) is 12.7. The van der Waals surface area contributed by atoms with Gasteiger partial charge < -0.3 is 14.6 Å². The molecule has 0 heterocycles. The standard InChI is InChI=1S/C23H39NO5S/c1-16(2)20-12-19(28-6)13-21(23(3,4)5)22(20)29-15-18(25)14-24(30(7,26)27)17-10-8-9-11-17/h12-13,16-18,25H,8-11,14-15H2,1-7H3. The summed E-state index contributed by atoms with van der Waals surface area (Å²) in [5, 5.41) is 10.7. The largest absolute Gasteiger partial charge is 0.497 e. The Morgan fingerprint density at radius 2 is 1.80 bits per heavy atom. The van der Waals surface area contributed by atoms with E-state index in [4.69, 9.17) is 9.47 Å². The average Bonchev–Trinajstić information content (AvgIpc) is 3.16. The van der Waals surface area contributed by atoms with Crippen molar-refractivity contribution in [3.05, 3.63) is 23.3 Å². The SMILES string of the molecule is COc1cc(C(C)C)c(OCC(O)CN(C2CCCC2)S(C)(=O)=O)c(C(C)(C)C)c1. The van der Waals surface area contributed by atoms with Crippen molar-refractivity contribution in [2.24, 2.45) is 0 Å². The molecule has 1 unspecified atom stereocenters. The Hall–Kier alpha value is -1.31. The molecular formula is C23H39NO5S. The number of benzene rings is 1. The lowest BCUT2D eigenvalue weighted by atomic mass is 9.83. The Morgan fingerprint density at radius 3 is 2.27 bits per heavy atom. The summed E-state index contributed by atoms with van der Waals surface area (Å²) in [6, 6.07) is 3.93. The molecule has 1 aromatic carbocycles. The zero-order chi connectivity index (χ0) is 22.7. The van der Waals surface area contributed by atoms with E-state index < -0.39 is 16.1 Å². The number of aliphatic hydroxyl groups excluding tert-OH is 1. The normalized spacial score (nSPS) is 17.0. The third-order valence-electron chi connectivity index (χ3n) is 5.73. The van der Waals surface area contributed by atoms with Gasteiger partial charge in [0, 0.05) is 23.7 Å². The summed E-state index contributed by atoms with van der Waals surface area (Å²) >= 11 is 0. The van der Waals surface area contributed by atoms with Crippen molar-refractivity contribution in [2.45, 2.75) is 83.8 Å². The van der Waals surface area contributed by atoms with E-state index in [9.17, 15) is 13.5 Å². The Kier molecular flexibility index (Phi) is 8.22. The first-order chi connectivity index (χ1) is 13.8. The Bertz CT molecular complexity index is 808. The number of ether oxygens (including phenoxy) is 2. The van der Waals surface area contributed by atoms with E-state index in [0.29, 0.717) is 0 Å². The van der Waals surface area contributed by atoms with Crippen LogP contribution in [0.1, 0.15) is 77.3 Å². The van der Waals surface area contributed by atoms with E-state index in [1.54, 1.807) is 7.11 Å². The second kappa shape index (κ2) is 9.88. The first kappa shape index (κ1) is 25.0. The van der Waals surface area contributed by atoms with Gasteiger partial charge in [-0.1, -0.05) is 47.5 Å². The van der Waals surface area contributed by atoms with Crippen molar-refractivity contribution in [1.29, 1.82) is 0 Å². The summed E-state index contributed by atoms with van der Waals surface area (Å²) in [6.07, 6.45) is 4.08. The quantitative estimate of drug-likeness (QED) is 0.625. The second-order valence-electron chi connectivity index (χ2n) is 9.73. The topological polar surface area (TPSA) is 76.1 Å². The summed E-state index contributed by atoms with van der Waals surface area (Å²) in [7, 11) is -1.74. The molecule has 0 aliphatic heterocycles. The molecule has 0 spiro atoms. The molecule has 6 nitrogen and oxygen atoms in total. The van der Waals surface area contributed by atoms with Gasteiger partial charge in [-0.05, 0) is 36.3 Å². The van der Waals surface area contributed by atoms with E-state index >= 15 is 0 Å². The summed E-state index contributed by atoms with van der Waals surface area (Å²) in [5.41, 5.74) is 1.84. The minimum Gasteiger partial charge on any atom is -0.497 e. The van der Waals surface area contributed by atoms with Crippen LogP contribution in [0.4, 0.5) is 0 Å². The highest BCUT2D eigenvalue weighted by molar-refractivity contribution is 7.88. The molecule has 0 bridgehead atoms. The van der Waals surface area contributed by atoms with Crippen LogP contribution < -0.4 is 9.47 Å². The minimum absolute atomic E-state index is 0.0213. The first-order valence-electron chi connectivity index (χ1n) is 10.8. The number of sulfonamides is 1. The van der Waals surface area contributed by atoms with Crippen LogP contribution in [0.5, 0.6) is 11.5 Å². The molecule has 1 atom stereocenters. The van der Waals surface area contributed by atoms with E-state index in [1.165, 1.54) is 10.6 Å². The van der Waals surface area contributed by atoms with Crippen molar-refractivity contribution in [1.82, 2.24) is 4.31 Å². The molecule has 1 fully saturated rings. The molecule has 1 aliphatic carbocycles. The predicted octanol–water partition coefficient (Wildman–Crippen LogP) is 4.06. The Labute approximate surface area is 182 Å². The lowest BCUT2D eigenvalue weighted by molar-refractivity contribution is 0.0803.